The third-order valence-electron chi connectivity index (χ3n) is 4.61. The second kappa shape index (κ2) is 5.60. The first-order chi connectivity index (χ1) is 10.4. The van der Waals surface area contributed by atoms with Crippen molar-refractivity contribution < 1.29 is 0 Å². The van der Waals surface area contributed by atoms with Gasteiger partial charge in [0, 0.05) is 24.5 Å². The molecule has 2 fully saturated rings. The lowest BCUT2D eigenvalue weighted by Crippen LogP contribution is -2.40. The van der Waals surface area contributed by atoms with Crippen LogP contribution in [0.3, 0.4) is 0 Å². The molecule has 0 amide bonds. The normalized spacial score (nSPS) is 22.7. The van der Waals surface area contributed by atoms with Gasteiger partial charge in [0.05, 0.1) is 5.52 Å². The standard InChI is InChI=1S/C17H22N4/c1-2-6-16-15(5-1)17(20-12-19-16)21-9-3-4-13(11-21)10-18-14-7-8-14/h1-2,5-6,12-14,18H,3-4,7-11H2. The molecule has 4 rings (SSSR count). The number of nitrogens with zero attached hydrogens (tertiary/aromatic N) is 3. The van der Waals surface area contributed by atoms with E-state index in [0.29, 0.717) is 0 Å². The summed E-state index contributed by atoms with van der Waals surface area (Å²) in [5.74, 6) is 1.85. The molecule has 4 nitrogen and oxygen atoms in total. The van der Waals surface area contributed by atoms with Crippen molar-refractivity contribution >= 4 is 16.7 Å². The molecule has 1 atom stereocenters. The zero-order valence-electron chi connectivity index (χ0n) is 12.3. The Bertz CT molecular complexity index is 618. The number of para-hydroxylation sites is 1. The molecule has 0 spiro atoms. The van der Waals surface area contributed by atoms with Crippen molar-refractivity contribution in [2.24, 2.45) is 5.92 Å². The van der Waals surface area contributed by atoms with Gasteiger partial charge in [-0.3, -0.25) is 0 Å². The number of hydrogen-bond donors (Lipinski definition) is 1. The van der Waals surface area contributed by atoms with E-state index >= 15 is 0 Å². The van der Waals surface area contributed by atoms with Crippen molar-refractivity contribution in [1.82, 2.24) is 15.3 Å². The maximum atomic E-state index is 4.57. The first kappa shape index (κ1) is 13.0. The summed E-state index contributed by atoms with van der Waals surface area (Å²) in [7, 11) is 0. The van der Waals surface area contributed by atoms with Gasteiger partial charge in [-0.05, 0) is 50.3 Å². The molecule has 1 aliphatic carbocycles. The van der Waals surface area contributed by atoms with Crippen molar-refractivity contribution in [3.63, 3.8) is 0 Å². The molecule has 1 unspecified atom stereocenters. The summed E-state index contributed by atoms with van der Waals surface area (Å²) in [6, 6.07) is 9.12. The Kier molecular flexibility index (Phi) is 3.47. The van der Waals surface area contributed by atoms with Gasteiger partial charge in [-0.2, -0.15) is 0 Å². The zero-order chi connectivity index (χ0) is 14.1. The average molecular weight is 282 g/mol. The Morgan fingerprint density at radius 1 is 1.14 bits per heavy atom. The Labute approximate surface area is 125 Å². The van der Waals surface area contributed by atoms with Crippen molar-refractivity contribution in [2.75, 3.05) is 24.5 Å². The predicted molar refractivity (Wildman–Crippen MR) is 85.5 cm³/mol. The molecule has 2 aliphatic rings. The van der Waals surface area contributed by atoms with E-state index in [9.17, 15) is 0 Å². The zero-order valence-corrected chi connectivity index (χ0v) is 12.3. The highest BCUT2D eigenvalue weighted by molar-refractivity contribution is 5.89. The molecule has 1 aromatic heterocycles. The van der Waals surface area contributed by atoms with Gasteiger partial charge in [0.2, 0.25) is 0 Å². The van der Waals surface area contributed by atoms with Gasteiger partial charge in [-0.1, -0.05) is 12.1 Å². The second-order valence-corrected chi connectivity index (χ2v) is 6.35. The van der Waals surface area contributed by atoms with E-state index in [2.05, 4.69) is 38.4 Å². The first-order valence-electron chi connectivity index (χ1n) is 8.08. The van der Waals surface area contributed by atoms with Crippen LogP contribution in [0, 0.1) is 5.92 Å². The summed E-state index contributed by atoms with van der Waals surface area (Å²) in [6.45, 7) is 3.38. The Morgan fingerprint density at radius 3 is 2.95 bits per heavy atom. The van der Waals surface area contributed by atoms with Gasteiger partial charge in [-0.25, -0.2) is 9.97 Å². The van der Waals surface area contributed by atoms with Crippen LogP contribution in [0.25, 0.3) is 10.9 Å². The average Bonchev–Trinajstić information content (AvgIpc) is 3.37. The molecule has 1 N–H and O–H groups in total. The molecule has 110 valence electrons. The second-order valence-electron chi connectivity index (χ2n) is 6.35. The quantitative estimate of drug-likeness (QED) is 0.936. The van der Waals surface area contributed by atoms with Crippen LogP contribution in [0.2, 0.25) is 0 Å². The summed E-state index contributed by atoms with van der Waals surface area (Å²) in [6.07, 6.45) is 7.03. The predicted octanol–water partition coefficient (Wildman–Crippen LogP) is 2.60. The molecule has 1 saturated heterocycles. The van der Waals surface area contributed by atoms with Gasteiger partial charge in [0.1, 0.15) is 12.1 Å². The highest BCUT2D eigenvalue weighted by atomic mass is 15.2. The van der Waals surface area contributed by atoms with Crippen LogP contribution in [-0.4, -0.2) is 35.6 Å². The maximum absolute atomic E-state index is 4.57. The number of fused-ring (bicyclic) bond motifs is 1. The highest BCUT2D eigenvalue weighted by Crippen LogP contribution is 2.27. The lowest BCUT2D eigenvalue weighted by atomic mass is 9.97. The van der Waals surface area contributed by atoms with E-state index in [1.807, 2.05) is 6.07 Å². The van der Waals surface area contributed by atoms with Gasteiger partial charge < -0.3 is 10.2 Å². The largest absolute Gasteiger partial charge is 0.356 e. The molecule has 2 aromatic rings. The minimum atomic E-state index is 0.744. The molecule has 4 heteroatoms. The van der Waals surface area contributed by atoms with Crippen molar-refractivity contribution in [3.05, 3.63) is 30.6 Å². The number of anilines is 1. The summed E-state index contributed by atoms with van der Waals surface area (Å²) in [5, 5.41) is 4.85. The molecular formula is C17H22N4. The monoisotopic (exact) mass is 282 g/mol. The van der Waals surface area contributed by atoms with Crippen LogP contribution in [-0.2, 0) is 0 Å². The van der Waals surface area contributed by atoms with Gasteiger partial charge in [0.15, 0.2) is 0 Å². The Morgan fingerprint density at radius 2 is 2.05 bits per heavy atom. The number of benzene rings is 1. The molecule has 1 aromatic carbocycles. The highest BCUT2D eigenvalue weighted by Gasteiger charge is 2.25. The molecular weight excluding hydrogens is 260 g/mol. The smallest absolute Gasteiger partial charge is 0.139 e. The number of aromatic nitrogens is 2. The van der Waals surface area contributed by atoms with Gasteiger partial charge >= 0.3 is 0 Å². The topological polar surface area (TPSA) is 41.0 Å². The summed E-state index contributed by atoms with van der Waals surface area (Å²) in [4.78, 5) is 11.4. The Balaban J connectivity index is 1.53. The van der Waals surface area contributed by atoms with Crippen molar-refractivity contribution in [3.8, 4) is 0 Å². The van der Waals surface area contributed by atoms with Crippen LogP contribution >= 0.6 is 0 Å². The minimum Gasteiger partial charge on any atom is -0.356 e. The molecule has 0 radical (unpaired) electrons. The van der Waals surface area contributed by atoms with E-state index in [-0.39, 0.29) is 0 Å². The molecule has 2 heterocycles. The number of piperidine rings is 1. The fraction of sp³-hybridized carbons (Fsp3) is 0.529. The fourth-order valence-electron chi connectivity index (χ4n) is 3.29. The SMILES string of the molecule is c1ccc2c(N3CCCC(CNC4CC4)C3)ncnc2c1. The summed E-state index contributed by atoms with van der Waals surface area (Å²) < 4.78 is 0. The minimum absolute atomic E-state index is 0.744. The number of hydrogen-bond acceptors (Lipinski definition) is 4. The van der Waals surface area contributed by atoms with E-state index in [1.165, 1.54) is 31.1 Å². The summed E-state index contributed by atoms with van der Waals surface area (Å²) in [5.41, 5.74) is 1.04. The fourth-order valence-corrected chi connectivity index (χ4v) is 3.29. The van der Waals surface area contributed by atoms with Crippen molar-refractivity contribution in [2.45, 2.75) is 31.7 Å². The van der Waals surface area contributed by atoms with E-state index in [0.717, 1.165) is 42.9 Å². The van der Waals surface area contributed by atoms with Crippen LogP contribution < -0.4 is 10.2 Å². The van der Waals surface area contributed by atoms with Gasteiger partial charge in [0.25, 0.3) is 0 Å². The Hall–Kier alpha value is -1.68. The van der Waals surface area contributed by atoms with E-state index in [4.69, 9.17) is 0 Å². The lowest BCUT2D eigenvalue weighted by molar-refractivity contribution is 0.390. The maximum Gasteiger partial charge on any atom is 0.139 e. The molecule has 1 saturated carbocycles. The van der Waals surface area contributed by atoms with E-state index < -0.39 is 0 Å². The van der Waals surface area contributed by atoms with Crippen LogP contribution in [0.1, 0.15) is 25.7 Å². The molecule has 21 heavy (non-hydrogen) atoms. The lowest BCUT2D eigenvalue weighted by Gasteiger charge is -2.34. The van der Waals surface area contributed by atoms with Gasteiger partial charge in [-0.15, -0.1) is 0 Å². The third kappa shape index (κ3) is 2.86. The third-order valence-corrected chi connectivity index (χ3v) is 4.61. The molecule has 0 bridgehead atoms. The number of rotatable bonds is 4. The molecule has 1 aliphatic heterocycles. The van der Waals surface area contributed by atoms with Crippen molar-refractivity contribution in [1.29, 1.82) is 0 Å². The van der Waals surface area contributed by atoms with E-state index in [1.54, 1.807) is 6.33 Å². The van der Waals surface area contributed by atoms with Crippen LogP contribution in [0.5, 0.6) is 0 Å². The number of nitrogens with one attached hydrogen (secondary N) is 1. The van der Waals surface area contributed by atoms with Crippen LogP contribution in [0.4, 0.5) is 5.82 Å². The van der Waals surface area contributed by atoms with Crippen LogP contribution in [0.15, 0.2) is 30.6 Å². The first-order valence-corrected chi connectivity index (χ1v) is 8.08. The summed E-state index contributed by atoms with van der Waals surface area (Å²) >= 11 is 0.